The summed E-state index contributed by atoms with van der Waals surface area (Å²) in [5.74, 6) is 2.58. The van der Waals surface area contributed by atoms with Crippen molar-refractivity contribution in [3.63, 3.8) is 0 Å². The maximum absolute atomic E-state index is 5.77. The summed E-state index contributed by atoms with van der Waals surface area (Å²) in [6.45, 7) is 6.29. The molecule has 0 bridgehead atoms. The van der Waals surface area contributed by atoms with E-state index in [0.717, 1.165) is 38.5 Å². The van der Waals surface area contributed by atoms with Gasteiger partial charge in [-0.3, -0.25) is 9.80 Å². The van der Waals surface area contributed by atoms with Crippen LogP contribution in [0.1, 0.15) is 5.89 Å². The number of piperazine rings is 1. The Morgan fingerprint density at radius 3 is 2.50 bits per heavy atom. The number of hydrogen-bond acceptors (Lipinski definition) is 7. The zero-order valence-corrected chi connectivity index (χ0v) is 14.6. The van der Waals surface area contributed by atoms with Crippen LogP contribution in [0.5, 0.6) is 5.75 Å². The second-order valence-electron chi connectivity index (χ2n) is 6.26. The molecule has 3 heterocycles. The highest BCUT2D eigenvalue weighted by Gasteiger charge is 2.19. The number of benzene rings is 1. The first kappa shape index (κ1) is 16.8. The van der Waals surface area contributed by atoms with Gasteiger partial charge in [-0.05, 0) is 24.3 Å². The van der Waals surface area contributed by atoms with Gasteiger partial charge in [-0.25, -0.2) is 0 Å². The fourth-order valence-electron chi connectivity index (χ4n) is 2.99. The molecule has 1 aliphatic heterocycles. The van der Waals surface area contributed by atoms with Crippen LogP contribution in [0, 0.1) is 0 Å². The van der Waals surface area contributed by atoms with Crippen LogP contribution in [-0.2, 0) is 6.54 Å². The summed E-state index contributed by atoms with van der Waals surface area (Å²) in [5, 5.41) is 8.16. The average molecular weight is 354 g/mol. The van der Waals surface area contributed by atoms with Crippen LogP contribution >= 0.6 is 0 Å². The predicted octanol–water partition coefficient (Wildman–Crippen LogP) is 2.53. The Kier molecular flexibility index (Phi) is 5.27. The van der Waals surface area contributed by atoms with Gasteiger partial charge in [-0.15, -0.1) is 10.2 Å². The SMILES string of the molecule is c1ccc(OCCN2CCN(Cc3nnc(-c4ccco4)o3)CC2)cc1. The zero-order valence-electron chi connectivity index (χ0n) is 14.6. The van der Waals surface area contributed by atoms with Crippen molar-refractivity contribution in [3.05, 3.63) is 54.6 Å². The average Bonchev–Trinajstić information content (AvgIpc) is 3.36. The van der Waals surface area contributed by atoms with E-state index in [1.165, 1.54) is 0 Å². The molecule has 1 saturated heterocycles. The van der Waals surface area contributed by atoms with Gasteiger partial charge in [0, 0.05) is 32.7 Å². The highest BCUT2D eigenvalue weighted by molar-refractivity contribution is 5.42. The third-order valence-corrected chi connectivity index (χ3v) is 4.44. The Morgan fingerprint density at radius 2 is 1.73 bits per heavy atom. The molecule has 7 nitrogen and oxygen atoms in total. The van der Waals surface area contributed by atoms with Crippen LogP contribution in [0.2, 0.25) is 0 Å². The highest BCUT2D eigenvalue weighted by Crippen LogP contribution is 2.18. The van der Waals surface area contributed by atoms with Crippen LogP contribution in [0.3, 0.4) is 0 Å². The molecule has 26 heavy (non-hydrogen) atoms. The molecule has 0 amide bonds. The van der Waals surface area contributed by atoms with E-state index in [1.807, 2.05) is 36.4 Å². The summed E-state index contributed by atoms with van der Waals surface area (Å²) >= 11 is 0. The third kappa shape index (κ3) is 4.30. The van der Waals surface area contributed by atoms with E-state index in [-0.39, 0.29) is 0 Å². The van der Waals surface area contributed by atoms with E-state index in [2.05, 4.69) is 20.0 Å². The molecule has 0 atom stereocenters. The van der Waals surface area contributed by atoms with E-state index in [1.54, 1.807) is 12.3 Å². The summed E-state index contributed by atoms with van der Waals surface area (Å²) in [7, 11) is 0. The van der Waals surface area contributed by atoms with Gasteiger partial charge in [0.2, 0.25) is 5.89 Å². The summed E-state index contributed by atoms with van der Waals surface area (Å²) in [6.07, 6.45) is 1.60. The maximum Gasteiger partial charge on any atom is 0.283 e. The molecular formula is C19H22N4O3. The van der Waals surface area contributed by atoms with Crippen molar-refractivity contribution in [3.8, 4) is 17.4 Å². The Bertz CT molecular complexity index is 780. The number of hydrogen-bond donors (Lipinski definition) is 0. The van der Waals surface area contributed by atoms with Crippen molar-refractivity contribution in [1.29, 1.82) is 0 Å². The van der Waals surface area contributed by atoms with Gasteiger partial charge in [0.1, 0.15) is 12.4 Å². The second-order valence-corrected chi connectivity index (χ2v) is 6.26. The largest absolute Gasteiger partial charge is 0.492 e. The molecule has 136 valence electrons. The number of furan rings is 1. The molecule has 0 radical (unpaired) electrons. The van der Waals surface area contributed by atoms with Crippen molar-refractivity contribution in [2.45, 2.75) is 6.54 Å². The quantitative estimate of drug-likeness (QED) is 0.646. The molecule has 3 aromatic rings. The molecule has 0 saturated carbocycles. The molecule has 4 rings (SSSR count). The topological polar surface area (TPSA) is 67.8 Å². The van der Waals surface area contributed by atoms with Gasteiger partial charge in [0.05, 0.1) is 12.8 Å². The summed E-state index contributed by atoms with van der Waals surface area (Å²) in [5.41, 5.74) is 0. The van der Waals surface area contributed by atoms with Gasteiger partial charge in [-0.1, -0.05) is 18.2 Å². The lowest BCUT2D eigenvalue weighted by molar-refractivity contribution is 0.106. The molecule has 7 heteroatoms. The molecule has 1 fully saturated rings. The van der Waals surface area contributed by atoms with Gasteiger partial charge in [0.15, 0.2) is 5.76 Å². The fourth-order valence-corrected chi connectivity index (χ4v) is 2.99. The van der Waals surface area contributed by atoms with Crippen LogP contribution in [-0.4, -0.2) is 59.3 Å². The molecular weight excluding hydrogens is 332 g/mol. The Labute approximate surface area is 152 Å². The molecule has 1 aliphatic rings. The van der Waals surface area contributed by atoms with Crippen molar-refractivity contribution >= 4 is 0 Å². The monoisotopic (exact) mass is 354 g/mol. The molecule has 0 spiro atoms. The highest BCUT2D eigenvalue weighted by atomic mass is 16.5. The van der Waals surface area contributed by atoms with E-state index < -0.39 is 0 Å². The minimum absolute atomic E-state index is 0.432. The standard InChI is InChI=1S/C19H22N4O3/c1-2-5-16(6-3-1)24-14-12-22-8-10-23(11-9-22)15-18-20-21-19(26-18)17-7-4-13-25-17/h1-7,13H,8-12,14-15H2. The molecule has 1 aromatic carbocycles. The minimum Gasteiger partial charge on any atom is -0.492 e. The number of aromatic nitrogens is 2. The zero-order chi connectivity index (χ0) is 17.6. The lowest BCUT2D eigenvalue weighted by Crippen LogP contribution is -2.47. The van der Waals surface area contributed by atoms with Gasteiger partial charge >= 0.3 is 0 Å². The predicted molar refractivity (Wildman–Crippen MR) is 95.7 cm³/mol. The lowest BCUT2D eigenvalue weighted by atomic mass is 10.3. The maximum atomic E-state index is 5.77. The summed E-state index contributed by atoms with van der Waals surface area (Å²) < 4.78 is 16.7. The smallest absolute Gasteiger partial charge is 0.283 e. The van der Waals surface area contributed by atoms with Crippen LogP contribution in [0.4, 0.5) is 0 Å². The van der Waals surface area contributed by atoms with E-state index >= 15 is 0 Å². The van der Waals surface area contributed by atoms with Crippen molar-refractivity contribution in [2.75, 3.05) is 39.3 Å². The second kappa shape index (κ2) is 8.16. The van der Waals surface area contributed by atoms with Crippen LogP contribution < -0.4 is 4.74 Å². The van der Waals surface area contributed by atoms with Crippen molar-refractivity contribution < 1.29 is 13.6 Å². The first-order valence-electron chi connectivity index (χ1n) is 8.86. The molecule has 0 N–H and O–H groups in total. The van der Waals surface area contributed by atoms with Crippen LogP contribution in [0.15, 0.2) is 57.6 Å². The Balaban J connectivity index is 1.19. The van der Waals surface area contributed by atoms with Gasteiger partial charge < -0.3 is 13.6 Å². The number of ether oxygens (including phenoxy) is 1. The summed E-state index contributed by atoms with van der Waals surface area (Å²) in [6, 6.07) is 13.6. The van der Waals surface area contributed by atoms with E-state index in [9.17, 15) is 0 Å². The van der Waals surface area contributed by atoms with Crippen molar-refractivity contribution in [1.82, 2.24) is 20.0 Å². The summed E-state index contributed by atoms with van der Waals surface area (Å²) in [4.78, 5) is 4.75. The Morgan fingerprint density at radius 1 is 0.923 bits per heavy atom. The van der Waals surface area contributed by atoms with E-state index in [4.69, 9.17) is 13.6 Å². The number of para-hydroxylation sites is 1. The first-order valence-corrected chi connectivity index (χ1v) is 8.86. The minimum atomic E-state index is 0.432. The number of rotatable bonds is 7. The molecule has 0 aliphatic carbocycles. The van der Waals surface area contributed by atoms with Crippen LogP contribution in [0.25, 0.3) is 11.7 Å². The normalized spacial score (nSPS) is 16.0. The van der Waals surface area contributed by atoms with Gasteiger partial charge in [-0.2, -0.15) is 0 Å². The van der Waals surface area contributed by atoms with Crippen molar-refractivity contribution in [2.24, 2.45) is 0 Å². The lowest BCUT2D eigenvalue weighted by Gasteiger charge is -2.33. The first-order chi connectivity index (χ1) is 12.9. The fraction of sp³-hybridized carbons (Fsp3) is 0.368. The Hall–Kier alpha value is -2.64. The number of nitrogens with zero attached hydrogens (tertiary/aromatic N) is 4. The molecule has 0 unspecified atom stereocenters. The third-order valence-electron chi connectivity index (χ3n) is 4.44. The van der Waals surface area contributed by atoms with E-state index in [0.29, 0.717) is 30.7 Å². The molecule has 2 aromatic heterocycles. The van der Waals surface area contributed by atoms with Gasteiger partial charge in [0.25, 0.3) is 5.89 Å².